The maximum absolute atomic E-state index is 12.9. The molecule has 0 spiro atoms. The van der Waals surface area contributed by atoms with Crippen LogP contribution in [0.15, 0.2) is 52.9 Å². The van der Waals surface area contributed by atoms with E-state index in [1.165, 1.54) is 23.1 Å². The zero-order valence-corrected chi connectivity index (χ0v) is 16.5. The molecule has 1 atom stereocenters. The van der Waals surface area contributed by atoms with Crippen LogP contribution in [0, 0.1) is 6.92 Å². The van der Waals surface area contributed by atoms with Crippen LogP contribution in [0.5, 0.6) is 5.75 Å². The fraction of sp³-hybridized carbons (Fsp3) is 0.167. The number of thioether (sulfide) groups is 1. The molecule has 2 aromatic carbocycles. The lowest BCUT2D eigenvalue weighted by molar-refractivity contribution is -0.115. The third-order valence-corrected chi connectivity index (χ3v) is 5.96. The van der Waals surface area contributed by atoms with Crippen molar-refractivity contribution in [2.75, 3.05) is 12.4 Å². The van der Waals surface area contributed by atoms with Gasteiger partial charge in [-0.1, -0.05) is 65.0 Å². The number of rotatable bonds is 6. The lowest BCUT2D eigenvalue weighted by Crippen LogP contribution is -2.19. The maximum atomic E-state index is 12.9. The first-order valence-corrected chi connectivity index (χ1v) is 9.80. The molecule has 1 amide bonds. The molecule has 0 radical (unpaired) electrons. The number of aryl methyl sites for hydroxylation is 1. The molecule has 0 bridgehead atoms. The Morgan fingerprint density at radius 1 is 1.23 bits per heavy atom. The SMILES string of the molecule is COc1ccc(NC(=O)[C@H](Sc2nnc(C)s2)c2ccccc2)cc1Cl. The highest BCUT2D eigenvalue weighted by molar-refractivity contribution is 8.01. The van der Waals surface area contributed by atoms with Crippen LogP contribution < -0.4 is 10.1 Å². The first-order valence-electron chi connectivity index (χ1n) is 7.73. The average molecular weight is 406 g/mol. The van der Waals surface area contributed by atoms with E-state index in [9.17, 15) is 4.79 Å². The summed E-state index contributed by atoms with van der Waals surface area (Å²) in [5.74, 6) is 0.401. The number of ether oxygens (including phenoxy) is 1. The Kier molecular flexibility index (Phi) is 6.13. The van der Waals surface area contributed by atoms with Gasteiger partial charge in [0.1, 0.15) is 16.0 Å². The van der Waals surface area contributed by atoms with Crippen LogP contribution >= 0.6 is 34.7 Å². The highest BCUT2D eigenvalue weighted by Crippen LogP contribution is 2.38. The van der Waals surface area contributed by atoms with Gasteiger partial charge in [-0.2, -0.15) is 0 Å². The van der Waals surface area contributed by atoms with Gasteiger partial charge in [0.05, 0.1) is 12.1 Å². The minimum absolute atomic E-state index is 0.157. The summed E-state index contributed by atoms with van der Waals surface area (Å²) in [5, 5.41) is 11.9. The van der Waals surface area contributed by atoms with Gasteiger partial charge in [-0.05, 0) is 30.7 Å². The molecule has 1 heterocycles. The highest BCUT2D eigenvalue weighted by Gasteiger charge is 2.24. The molecule has 0 aliphatic carbocycles. The van der Waals surface area contributed by atoms with Crippen molar-refractivity contribution in [3.8, 4) is 5.75 Å². The van der Waals surface area contributed by atoms with Crippen molar-refractivity contribution in [2.24, 2.45) is 0 Å². The third-order valence-electron chi connectivity index (χ3n) is 3.49. The number of anilines is 1. The Labute approximate surface area is 164 Å². The summed E-state index contributed by atoms with van der Waals surface area (Å²) in [6, 6.07) is 14.7. The zero-order chi connectivity index (χ0) is 18.5. The van der Waals surface area contributed by atoms with Crippen molar-refractivity contribution in [1.82, 2.24) is 10.2 Å². The Hall–Kier alpha value is -2.09. The van der Waals surface area contributed by atoms with Gasteiger partial charge in [0, 0.05) is 5.69 Å². The van der Waals surface area contributed by atoms with E-state index >= 15 is 0 Å². The van der Waals surface area contributed by atoms with Crippen LogP contribution in [0.3, 0.4) is 0 Å². The van der Waals surface area contributed by atoms with Gasteiger partial charge in [0.25, 0.3) is 0 Å². The first-order chi connectivity index (χ1) is 12.6. The number of carbonyl (C=O) groups is 1. The molecule has 1 aromatic heterocycles. The standard InChI is InChI=1S/C18H16ClN3O2S2/c1-11-21-22-18(25-11)26-16(12-6-4-3-5-7-12)17(23)20-13-8-9-15(24-2)14(19)10-13/h3-10,16H,1-2H3,(H,20,23)/t16-/m1/s1. The summed E-state index contributed by atoms with van der Waals surface area (Å²) in [6.07, 6.45) is 0. The molecule has 0 aliphatic heterocycles. The Balaban J connectivity index is 1.83. The Morgan fingerprint density at radius 3 is 2.62 bits per heavy atom. The molecule has 5 nitrogen and oxygen atoms in total. The van der Waals surface area contributed by atoms with Crippen molar-refractivity contribution in [1.29, 1.82) is 0 Å². The van der Waals surface area contributed by atoms with E-state index < -0.39 is 5.25 Å². The van der Waals surface area contributed by atoms with Gasteiger partial charge in [0.15, 0.2) is 4.34 Å². The quantitative estimate of drug-likeness (QED) is 0.586. The van der Waals surface area contributed by atoms with E-state index in [4.69, 9.17) is 16.3 Å². The number of aromatic nitrogens is 2. The van der Waals surface area contributed by atoms with Gasteiger partial charge in [0.2, 0.25) is 5.91 Å². The highest BCUT2D eigenvalue weighted by atomic mass is 35.5. The second-order valence-electron chi connectivity index (χ2n) is 5.33. The fourth-order valence-corrected chi connectivity index (χ4v) is 4.54. The van der Waals surface area contributed by atoms with Crippen molar-refractivity contribution in [3.63, 3.8) is 0 Å². The molecule has 8 heteroatoms. The van der Waals surface area contributed by atoms with Crippen LogP contribution in [0.4, 0.5) is 5.69 Å². The predicted octanol–water partition coefficient (Wildman–Crippen LogP) is 4.98. The monoisotopic (exact) mass is 405 g/mol. The van der Waals surface area contributed by atoms with E-state index in [0.717, 1.165) is 14.9 Å². The van der Waals surface area contributed by atoms with E-state index in [1.54, 1.807) is 25.3 Å². The van der Waals surface area contributed by atoms with Crippen LogP contribution in [0.1, 0.15) is 15.8 Å². The third kappa shape index (κ3) is 4.55. The van der Waals surface area contributed by atoms with Crippen molar-refractivity contribution < 1.29 is 9.53 Å². The number of halogens is 1. The second kappa shape index (κ2) is 8.53. The number of amides is 1. The molecule has 0 unspecified atom stereocenters. The maximum Gasteiger partial charge on any atom is 0.242 e. The molecule has 3 rings (SSSR count). The molecular weight excluding hydrogens is 390 g/mol. The van der Waals surface area contributed by atoms with E-state index in [-0.39, 0.29) is 5.91 Å². The lowest BCUT2D eigenvalue weighted by Gasteiger charge is -2.16. The minimum atomic E-state index is -0.454. The summed E-state index contributed by atoms with van der Waals surface area (Å²) < 4.78 is 5.89. The smallest absolute Gasteiger partial charge is 0.242 e. The molecule has 0 fully saturated rings. The van der Waals surface area contributed by atoms with Crippen LogP contribution in [-0.4, -0.2) is 23.2 Å². The number of methoxy groups -OCH3 is 1. The Bertz CT molecular complexity index is 902. The van der Waals surface area contributed by atoms with Gasteiger partial charge in [-0.15, -0.1) is 10.2 Å². The average Bonchev–Trinajstić information content (AvgIpc) is 3.05. The first kappa shape index (κ1) is 18.7. The lowest BCUT2D eigenvalue weighted by atomic mass is 10.1. The van der Waals surface area contributed by atoms with E-state index in [1.807, 2.05) is 37.3 Å². The van der Waals surface area contributed by atoms with Crippen LogP contribution in [0.2, 0.25) is 5.02 Å². The largest absolute Gasteiger partial charge is 0.495 e. The summed E-state index contributed by atoms with van der Waals surface area (Å²) in [6.45, 7) is 1.89. The summed E-state index contributed by atoms with van der Waals surface area (Å²) in [7, 11) is 1.55. The number of nitrogens with zero attached hydrogens (tertiary/aromatic N) is 2. The summed E-state index contributed by atoms with van der Waals surface area (Å²) >= 11 is 8.99. The van der Waals surface area contributed by atoms with Crippen molar-refractivity contribution >= 4 is 46.3 Å². The number of hydrogen-bond donors (Lipinski definition) is 1. The van der Waals surface area contributed by atoms with Gasteiger partial charge in [-0.25, -0.2) is 0 Å². The van der Waals surface area contributed by atoms with Crippen molar-refractivity contribution in [2.45, 2.75) is 16.5 Å². The topological polar surface area (TPSA) is 64.1 Å². The van der Waals surface area contributed by atoms with Gasteiger partial charge in [-0.3, -0.25) is 4.79 Å². The second-order valence-corrected chi connectivity index (χ2v) is 8.28. The van der Waals surface area contributed by atoms with Gasteiger partial charge < -0.3 is 10.1 Å². The van der Waals surface area contributed by atoms with E-state index in [2.05, 4.69) is 15.5 Å². The minimum Gasteiger partial charge on any atom is -0.495 e. The molecule has 3 aromatic rings. The fourth-order valence-electron chi connectivity index (χ4n) is 2.28. The normalized spacial score (nSPS) is 11.8. The molecule has 0 saturated heterocycles. The number of carbonyl (C=O) groups excluding carboxylic acids is 1. The molecule has 134 valence electrons. The number of hydrogen-bond acceptors (Lipinski definition) is 6. The van der Waals surface area contributed by atoms with Crippen LogP contribution in [-0.2, 0) is 4.79 Å². The summed E-state index contributed by atoms with van der Waals surface area (Å²) in [5.41, 5.74) is 1.50. The zero-order valence-electron chi connectivity index (χ0n) is 14.1. The molecule has 1 N–H and O–H groups in total. The molecule has 0 saturated carbocycles. The van der Waals surface area contributed by atoms with Crippen LogP contribution in [0.25, 0.3) is 0 Å². The number of benzene rings is 2. The summed E-state index contributed by atoms with van der Waals surface area (Å²) in [4.78, 5) is 12.9. The molecular formula is C18H16ClN3O2S2. The van der Waals surface area contributed by atoms with Crippen molar-refractivity contribution in [3.05, 3.63) is 64.1 Å². The number of nitrogens with one attached hydrogen (secondary N) is 1. The molecule has 26 heavy (non-hydrogen) atoms. The van der Waals surface area contributed by atoms with Gasteiger partial charge >= 0.3 is 0 Å². The van der Waals surface area contributed by atoms with E-state index in [0.29, 0.717) is 16.5 Å². The predicted molar refractivity (Wildman–Crippen MR) is 106 cm³/mol. The Morgan fingerprint density at radius 2 is 2.00 bits per heavy atom. The molecule has 0 aliphatic rings.